The molecule has 0 aromatic carbocycles. The number of carbonyl (C=O) groups is 5. The number of Topliss-reactive ketones (excluding diaryl/α,β-unsaturated/α-hetero) is 2. The van der Waals surface area contributed by atoms with Crippen LogP contribution < -0.4 is 0 Å². The van der Waals surface area contributed by atoms with Crippen molar-refractivity contribution in [3.05, 3.63) is 54.4 Å². The van der Waals surface area contributed by atoms with Crippen LogP contribution in [0.2, 0.25) is 0 Å². The van der Waals surface area contributed by atoms with E-state index in [9.17, 15) is 24.0 Å². The summed E-state index contributed by atoms with van der Waals surface area (Å²) in [5, 5.41) is 0. The molecule has 2 aliphatic rings. The highest BCUT2D eigenvalue weighted by molar-refractivity contribution is 6.36. The van der Waals surface area contributed by atoms with E-state index >= 15 is 0 Å². The van der Waals surface area contributed by atoms with Crippen molar-refractivity contribution in [1.82, 2.24) is 9.88 Å². The highest BCUT2D eigenvalue weighted by Gasteiger charge is 2.37. The summed E-state index contributed by atoms with van der Waals surface area (Å²) in [6.45, 7) is 8.26. The summed E-state index contributed by atoms with van der Waals surface area (Å²) in [7, 11) is 0. The summed E-state index contributed by atoms with van der Waals surface area (Å²) < 4.78 is 11.5. The van der Waals surface area contributed by atoms with Gasteiger partial charge < -0.3 is 14.4 Å². The van der Waals surface area contributed by atoms with E-state index in [0.29, 0.717) is 70.8 Å². The molecule has 1 aromatic rings. The second-order valence-electron chi connectivity index (χ2n) is 12.1. The van der Waals surface area contributed by atoms with E-state index in [2.05, 4.69) is 11.6 Å². The summed E-state index contributed by atoms with van der Waals surface area (Å²) in [4.78, 5) is 70.7. The number of pyridine rings is 1. The van der Waals surface area contributed by atoms with Crippen molar-refractivity contribution in [2.24, 2.45) is 11.8 Å². The van der Waals surface area contributed by atoms with E-state index < -0.39 is 29.8 Å². The first-order chi connectivity index (χ1) is 21.2. The molecule has 1 aromatic heterocycles. The zero-order valence-electron chi connectivity index (χ0n) is 26.3. The van der Waals surface area contributed by atoms with Crippen LogP contribution in [0, 0.1) is 11.8 Å². The van der Waals surface area contributed by atoms with Gasteiger partial charge in [0.1, 0.15) is 17.9 Å². The Hall–Kier alpha value is -3.62. The van der Waals surface area contributed by atoms with Gasteiger partial charge in [-0.1, -0.05) is 30.7 Å². The molecule has 3 rings (SSSR count). The van der Waals surface area contributed by atoms with Crippen LogP contribution in [0.3, 0.4) is 0 Å². The molecule has 1 fully saturated rings. The molecule has 0 radical (unpaired) electrons. The molecule has 1 amide bonds. The van der Waals surface area contributed by atoms with Gasteiger partial charge in [0, 0.05) is 50.5 Å². The standard InChI is InChI=1S/C35H48N2O7/c1-4-10-28-23-25(2)19-22-43-33(40)14-6-5-13-31(39)34(41)37-21-8-7-12-29(37)35(42)44-32(26(3)15-17-30(28)38)18-16-27-11-9-20-36-24-27/h4,9,11,20,23-24,26,28-29,32H,1,5-8,10,12-19,21-22H2,2-3H3/t26-,28?,29+,32-/m1/s1. The van der Waals surface area contributed by atoms with Gasteiger partial charge in [0.25, 0.3) is 5.91 Å². The molecule has 1 unspecified atom stereocenters. The molecule has 240 valence electrons. The Labute approximate surface area is 261 Å². The lowest BCUT2D eigenvalue weighted by molar-refractivity contribution is -0.165. The number of esters is 2. The Bertz CT molecular complexity index is 1180. The first-order valence-corrected chi connectivity index (χ1v) is 16.1. The van der Waals surface area contributed by atoms with Crippen LogP contribution in [-0.4, -0.2) is 64.6 Å². The molecular weight excluding hydrogens is 560 g/mol. The highest BCUT2D eigenvalue weighted by atomic mass is 16.5. The van der Waals surface area contributed by atoms with Crippen molar-refractivity contribution in [2.75, 3.05) is 13.2 Å². The third kappa shape index (κ3) is 11.1. The minimum Gasteiger partial charge on any atom is -0.465 e. The summed E-state index contributed by atoms with van der Waals surface area (Å²) in [5.74, 6) is -2.47. The molecule has 9 nitrogen and oxygen atoms in total. The predicted molar refractivity (Wildman–Crippen MR) is 166 cm³/mol. The topological polar surface area (TPSA) is 120 Å². The maximum atomic E-state index is 13.6. The maximum absolute atomic E-state index is 13.6. The van der Waals surface area contributed by atoms with Crippen LogP contribution in [-0.2, 0) is 39.9 Å². The summed E-state index contributed by atoms with van der Waals surface area (Å²) in [6, 6.07) is 3.01. The van der Waals surface area contributed by atoms with Crippen LogP contribution >= 0.6 is 0 Å². The van der Waals surface area contributed by atoms with Gasteiger partial charge in [0.15, 0.2) is 0 Å². The highest BCUT2D eigenvalue weighted by Crippen LogP contribution is 2.26. The number of rotatable bonds is 5. The Morgan fingerprint density at radius 2 is 1.82 bits per heavy atom. The number of ether oxygens (including phenoxy) is 2. The zero-order valence-corrected chi connectivity index (χ0v) is 26.3. The monoisotopic (exact) mass is 608 g/mol. The minimum absolute atomic E-state index is 0.00964. The quantitative estimate of drug-likeness (QED) is 0.244. The van der Waals surface area contributed by atoms with Crippen molar-refractivity contribution >= 4 is 29.4 Å². The smallest absolute Gasteiger partial charge is 0.329 e. The van der Waals surface area contributed by atoms with Gasteiger partial charge in [-0.3, -0.25) is 24.2 Å². The van der Waals surface area contributed by atoms with Gasteiger partial charge in [-0.15, -0.1) is 6.58 Å². The van der Waals surface area contributed by atoms with Crippen LogP contribution in [0.1, 0.15) is 96.5 Å². The van der Waals surface area contributed by atoms with Crippen molar-refractivity contribution < 1.29 is 33.4 Å². The molecule has 9 heteroatoms. The first-order valence-electron chi connectivity index (χ1n) is 16.1. The van der Waals surface area contributed by atoms with Gasteiger partial charge in [-0.25, -0.2) is 4.79 Å². The van der Waals surface area contributed by atoms with Crippen LogP contribution in [0.5, 0.6) is 0 Å². The predicted octanol–water partition coefficient (Wildman–Crippen LogP) is 5.51. The molecule has 0 aliphatic carbocycles. The number of hydrogen-bond acceptors (Lipinski definition) is 8. The fourth-order valence-electron chi connectivity index (χ4n) is 5.82. The van der Waals surface area contributed by atoms with E-state index in [1.807, 2.05) is 32.1 Å². The largest absolute Gasteiger partial charge is 0.465 e. The van der Waals surface area contributed by atoms with Crippen LogP contribution in [0.4, 0.5) is 0 Å². The average molecular weight is 609 g/mol. The number of hydrogen-bond donors (Lipinski definition) is 0. The molecular formula is C35H48N2O7. The maximum Gasteiger partial charge on any atom is 0.329 e. The van der Waals surface area contributed by atoms with Crippen LogP contribution in [0.15, 0.2) is 48.8 Å². The normalized spacial score (nSPS) is 25.9. The Balaban J connectivity index is 1.83. The van der Waals surface area contributed by atoms with Gasteiger partial charge in [0.05, 0.1) is 6.61 Å². The number of ketones is 2. The molecule has 3 heterocycles. The Morgan fingerprint density at radius 1 is 1.02 bits per heavy atom. The average Bonchev–Trinajstić information content (AvgIpc) is 3.03. The molecule has 0 bridgehead atoms. The van der Waals surface area contributed by atoms with E-state index in [4.69, 9.17) is 9.47 Å². The number of piperidine rings is 1. The van der Waals surface area contributed by atoms with E-state index in [0.717, 1.165) is 17.6 Å². The SMILES string of the molecule is C=CCC1C=C(C)CCOC(=O)CCCCC(=O)C(=O)N2CCCC[C@H]2C(=O)O[C@H](CCc2cccnc2)[C@H](C)CCC1=O. The molecule has 4 atom stereocenters. The molecule has 2 aliphatic heterocycles. The fourth-order valence-corrected chi connectivity index (χ4v) is 5.82. The first kappa shape index (κ1) is 34.9. The fraction of sp³-hybridized carbons (Fsp3) is 0.600. The van der Waals surface area contributed by atoms with Gasteiger partial charge in [-0.05, 0) is 82.3 Å². The zero-order chi connectivity index (χ0) is 31.9. The Kier molecular flexibility index (Phi) is 14.5. The molecule has 44 heavy (non-hydrogen) atoms. The Morgan fingerprint density at radius 3 is 2.57 bits per heavy atom. The lowest BCUT2D eigenvalue weighted by atomic mass is 9.88. The number of cyclic esters (lactones) is 2. The summed E-state index contributed by atoms with van der Waals surface area (Å²) in [6.07, 6.45) is 12.6. The minimum atomic E-state index is -0.826. The molecule has 0 spiro atoms. The molecule has 0 N–H and O–H groups in total. The van der Waals surface area contributed by atoms with Gasteiger partial charge in [0.2, 0.25) is 5.78 Å². The number of aryl methyl sites for hydroxylation is 1. The number of fused-ring (bicyclic) bond motifs is 1. The third-order valence-corrected chi connectivity index (χ3v) is 8.58. The lowest BCUT2D eigenvalue weighted by Crippen LogP contribution is -2.51. The van der Waals surface area contributed by atoms with E-state index in [1.165, 1.54) is 4.90 Å². The van der Waals surface area contributed by atoms with Gasteiger partial charge in [-0.2, -0.15) is 0 Å². The number of aromatic nitrogens is 1. The van der Waals surface area contributed by atoms with Crippen molar-refractivity contribution in [3.8, 4) is 0 Å². The van der Waals surface area contributed by atoms with Gasteiger partial charge >= 0.3 is 11.9 Å². The second kappa shape index (κ2) is 18.2. The number of allylic oxidation sites excluding steroid dienone is 2. The molecule has 1 saturated heterocycles. The number of nitrogens with zero attached hydrogens (tertiary/aromatic N) is 2. The molecule has 0 saturated carbocycles. The lowest BCUT2D eigenvalue weighted by Gasteiger charge is -2.35. The number of carbonyl (C=O) groups excluding carboxylic acids is 5. The van der Waals surface area contributed by atoms with Crippen LogP contribution in [0.25, 0.3) is 0 Å². The summed E-state index contributed by atoms with van der Waals surface area (Å²) in [5.41, 5.74) is 1.97. The van der Waals surface area contributed by atoms with Crippen molar-refractivity contribution in [2.45, 2.75) is 109 Å². The second-order valence-corrected chi connectivity index (χ2v) is 12.1. The van der Waals surface area contributed by atoms with Crippen molar-refractivity contribution in [3.63, 3.8) is 0 Å². The third-order valence-electron chi connectivity index (χ3n) is 8.58. The van der Waals surface area contributed by atoms with E-state index in [1.54, 1.807) is 18.5 Å². The van der Waals surface area contributed by atoms with Crippen molar-refractivity contribution in [1.29, 1.82) is 0 Å². The number of amides is 1. The summed E-state index contributed by atoms with van der Waals surface area (Å²) >= 11 is 0. The van der Waals surface area contributed by atoms with E-state index in [-0.39, 0.29) is 43.0 Å².